The molecule has 9 heteroatoms. The minimum Gasteiger partial charge on any atom is -0.383 e. The molecule has 0 radical (unpaired) electrons. The molecule has 2 aromatic carbocycles. The van der Waals surface area contributed by atoms with Crippen molar-refractivity contribution in [1.29, 1.82) is 0 Å². The van der Waals surface area contributed by atoms with E-state index >= 15 is 0 Å². The fourth-order valence-corrected chi connectivity index (χ4v) is 3.50. The molecule has 7 nitrogen and oxygen atoms in total. The molecule has 28 heavy (non-hydrogen) atoms. The number of anilines is 1. The standard InChI is InChI=1S/C19H14ClN3O4S/c1-21-14-7-2-11(8-15(14)23(26)27)9-17-19(25)22-18(28-17)10-16(24)12-3-5-13(20)6-4-12/h2-10,21H,1H3,(H,22,25)/b17-9+,18-10-. The lowest BCUT2D eigenvalue weighted by Gasteiger charge is -2.02. The molecule has 0 saturated heterocycles. The number of hydrogen-bond donors (Lipinski definition) is 2. The minimum atomic E-state index is -0.494. The molecule has 2 N–H and O–H groups in total. The third kappa shape index (κ3) is 4.36. The minimum absolute atomic E-state index is 0.0889. The van der Waals surface area contributed by atoms with Crippen LogP contribution in [-0.4, -0.2) is 22.7 Å². The number of benzene rings is 2. The molecule has 0 atom stereocenters. The second kappa shape index (κ2) is 8.20. The van der Waals surface area contributed by atoms with E-state index in [0.717, 1.165) is 11.3 Å². The van der Waals surface area contributed by atoms with Crippen molar-refractivity contribution in [2.24, 2.45) is 0 Å². The van der Waals surface area contributed by atoms with Crippen LogP contribution >= 0.6 is 22.9 Å². The molecule has 142 valence electrons. The number of aromatic amines is 1. The molecule has 3 rings (SSSR count). The lowest BCUT2D eigenvalue weighted by molar-refractivity contribution is -0.383. The lowest BCUT2D eigenvalue weighted by Crippen LogP contribution is -2.20. The lowest BCUT2D eigenvalue weighted by atomic mass is 10.1. The van der Waals surface area contributed by atoms with Gasteiger partial charge in [0, 0.05) is 29.8 Å². The van der Waals surface area contributed by atoms with E-state index in [1.54, 1.807) is 49.5 Å². The number of Topliss-reactive ketones (excluding diaryl/α,β-unsaturated/α-hetero) is 1. The van der Waals surface area contributed by atoms with E-state index in [1.807, 2.05) is 0 Å². The van der Waals surface area contributed by atoms with Crippen molar-refractivity contribution < 1.29 is 9.72 Å². The van der Waals surface area contributed by atoms with Crippen LogP contribution in [-0.2, 0) is 0 Å². The highest BCUT2D eigenvalue weighted by Gasteiger charge is 2.12. The number of carbonyl (C=O) groups excluding carboxylic acids is 1. The average molecular weight is 416 g/mol. The molecule has 0 saturated carbocycles. The molecular weight excluding hydrogens is 402 g/mol. The van der Waals surface area contributed by atoms with Crippen molar-refractivity contribution in [3.8, 4) is 0 Å². The first-order valence-corrected chi connectivity index (χ1v) is 9.25. The molecule has 0 aliphatic rings. The number of nitro groups is 1. The number of hydrogen-bond acceptors (Lipinski definition) is 6. The summed E-state index contributed by atoms with van der Waals surface area (Å²) < 4.78 is 0.721. The Morgan fingerprint density at radius 1 is 1.25 bits per heavy atom. The van der Waals surface area contributed by atoms with E-state index in [4.69, 9.17) is 11.6 Å². The largest absolute Gasteiger partial charge is 0.383 e. The summed E-state index contributed by atoms with van der Waals surface area (Å²) in [5.41, 5.74) is 0.871. The van der Waals surface area contributed by atoms with Gasteiger partial charge in [-0.05, 0) is 42.0 Å². The van der Waals surface area contributed by atoms with Crippen LogP contribution in [0.4, 0.5) is 11.4 Å². The van der Waals surface area contributed by atoms with Gasteiger partial charge >= 0.3 is 0 Å². The average Bonchev–Trinajstić information content (AvgIpc) is 3.00. The molecule has 1 heterocycles. The normalized spacial score (nSPS) is 12.2. The highest BCUT2D eigenvalue weighted by atomic mass is 35.5. The quantitative estimate of drug-likeness (QED) is 0.378. The van der Waals surface area contributed by atoms with Gasteiger partial charge in [-0.1, -0.05) is 17.7 Å². The Morgan fingerprint density at radius 3 is 2.61 bits per heavy atom. The Balaban J connectivity index is 1.99. The maximum Gasteiger partial charge on any atom is 0.292 e. The Kier molecular flexibility index (Phi) is 5.72. The highest BCUT2D eigenvalue weighted by Crippen LogP contribution is 2.25. The van der Waals surface area contributed by atoms with Gasteiger partial charge in [0.2, 0.25) is 0 Å². The zero-order valence-electron chi connectivity index (χ0n) is 14.6. The summed E-state index contributed by atoms with van der Waals surface area (Å²) in [4.78, 5) is 37.8. The third-order valence-electron chi connectivity index (χ3n) is 3.86. The van der Waals surface area contributed by atoms with Gasteiger partial charge in [0.05, 0.1) is 14.1 Å². The van der Waals surface area contributed by atoms with Gasteiger partial charge in [0.1, 0.15) is 5.69 Å². The SMILES string of the molecule is CNc1ccc(/C=c2/s/c(=C\C(=O)c3ccc(Cl)cc3)[nH]c2=O)cc1[N+](=O)[O-]. The van der Waals surface area contributed by atoms with Crippen LogP contribution in [0.3, 0.4) is 0 Å². The van der Waals surface area contributed by atoms with Crippen molar-refractivity contribution >= 4 is 52.2 Å². The van der Waals surface area contributed by atoms with Crippen LogP contribution in [0, 0.1) is 10.1 Å². The topological polar surface area (TPSA) is 105 Å². The van der Waals surface area contributed by atoms with Gasteiger partial charge in [-0.15, -0.1) is 11.3 Å². The number of thiazole rings is 1. The summed E-state index contributed by atoms with van der Waals surface area (Å²) >= 11 is 6.90. The van der Waals surface area contributed by atoms with Gasteiger partial charge in [0.15, 0.2) is 5.78 Å². The number of nitrogens with zero attached hydrogens (tertiary/aromatic N) is 1. The van der Waals surface area contributed by atoms with Crippen molar-refractivity contribution in [3.63, 3.8) is 0 Å². The summed E-state index contributed by atoms with van der Waals surface area (Å²) in [5.74, 6) is -0.269. The number of H-pyrrole nitrogens is 1. The number of nitrogens with one attached hydrogen (secondary N) is 2. The van der Waals surface area contributed by atoms with Crippen LogP contribution in [0.25, 0.3) is 12.2 Å². The molecule has 0 amide bonds. The number of rotatable bonds is 5. The zero-order chi connectivity index (χ0) is 20.3. The number of nitro benzene ring substituents is 1. The fraction of sp³-hybridized carbons (Fsp3) is 0.0526. The van der Waals surface area contributed by atoms with Gasteiger partial charge in [-0.3, -0.25) is 19.7 Å². The summed E-state index contributed by atoms with van der Waals surface area (Å²) in [7, 11) is 1.59. The van der Waals surface area contributed by atoms with E-state index in [1.165, 1.54) is 12.1 Å². The van der Waals surface area contributed by atoms with Gasteiger partial charge in [-0.2, -0.15) is 0 Å². The van der Waals surface area contributed by atoms with Crippen LogP contribution in [0.1, 0.15) is 15.9 Å². The fourth-order valence-electron chi connectivity index (χ4n) is 2.49. The predicted molar refractivity (Wildman–Crippen MR) is 111 cm³/mol. The monoisotopic (exact) mass is 415 g/mol. The Hall–Kier alpha value is -3.23. The van der Waals surface area contributed by atoms with E-state index < -0.39 is 4.92 Å². The van der Waals surface area contributed by atoms with Gasteiger partial charge < -0.3 is 10.3 Å². The summed E-state index contributed by atoms with van der Waals surface area (Å²) in [6.07, 6.45) is 2.87. The second-order valence-corrected chi connectivity index (χ2v) is 7.25. The van der Waals surface area contributed by atoms with Gasteiger partial charge in [0.25, 0.3) is 11.2 Å². The first-order valence-electron chi connectivity index (χ1n) is 8.06. The molecule has 0 spiro atoms. The highest BCUT2D eigenvalue weighted by molar-refractivity contribution is 7.07. The number of ketones is 1. The summed E-state index contributed by atoms with van der Waals surface area (Å²) in [5, 5.41) is 14.4. The maximum atomic E-state index is 12.3. The molecule has 0 fully saturated rings. The van der Waals surface area contributed by atoms with E-state index in [-0.39, 0.29) is 17.0 Å². The third-order valence-corrected chi connectivity index (χ3v) is 5.07. The van der Waals surface area contributed by atoms with Crippen LogP contribution in [0.5, 0.6) is 0 Å². The summed E-state index contributed by atoms with van der Waals surface area (Å²) in [6.45, 7) is 0. The second-order valence-electron chi connectivity index (χ2n) is 5.73. The van der Waals surface area contributed by atoms with Crippen LogP contribution in [0.2, 0.25) is 5.02 Å². The Bertz CT molecular complexity index is 1230. The predicted octanol–water partition coefficient (Wildman–Crippen LogP) is 2.53. The molecule has 1 aromatic heterocycles. The van der Waals surface area contributed by atoms with E-state index in [2.05, 4.69) is 10.3 Å². The number of halogens is 1. The molecule has 0 aliphatic carbocycles. The van der Waals surface area contributed by atoms with Crippen molar-refractivity contribution in [3.05, 3.63) is 88.3 Å². The summed E-state index contributed by atoms with van der Waals surface area (Å²) in [6, 6.07) is 11.0. The van der Waals surface area contributed by atoms with Crippen molar-refractivity contribution in [2.75, 3.05) is 12.4 Å². The van der Waals surface area contributed by atoms with Crippen LogP contribution in [0.15, 0.2) is 47.3 Å². The van der Waals surface area contributed by atoms with E-state index in [0.29, 0.717) is 31.0 Å². The van der Waals surface area contributed by atoms with Crippen molar-refractivity contribution in [2.45, 2.75) is 0 Å². The molecule has 0 unspecified atom stereocenters. The smallest absolute Gasteiger partial charge is 0.292 e. The van der Waals surface area contributed by atoms with Crippen molar-refractivity contribution in [1.82, 2.24) is 4.98 Å². The molecule has 0 bridgehead atoms. The Labute approximate surface area is 167 Å². The van der Waals surface area contributed by atoms with Crippen LogP contribution < -0.4 is 20.1 Å². The molecular formula is C19H14ClN3O4S. The number of aromatic nitrogens is 1. The Morgan fingerprint density at radius 2 is 1.96 bits per heavy atom. The molecule has 0 aliphatic heterocycles. The number of carbonyl (C=O) groups is 1. The van der Waals surface area contributed by atoms with E-state index in [9.17, 15) is 19.7 Å². The van der Waals surface area contributed by atoms with Gasteiger partial charge in [-0.25, -0.2) is 0 Å². The first-order chi connectivity index (χ1) is 13.4. The maximum absolute atomic E-state index is 12.3. The zero-order valence-corrected chi connectivity index (χ0v) is 16.1. The molecule has 3 aromatic rings. The first kappa shape index (κ1) is 19.5.